The molecule has 2 aliphatic heterocycles. The lowest BCUT2D eigenvalue weighted by Gasteiger charge is -2.38. The third-order valence-electron chi connectivity index (χ3n) is 15.3. The number of benzene rings is 4. The first kappa shape index (κ1) is 59.5. The van der Waals surface area contributed by atoms with Crippen LogP contribution in [-0.2, 0) is 8.85 Å². The molecule has 2 heterocycles. The first-order valence-corrected chi connectivity index (χ1v) is 31.7. The van der Waals surface area contributed by atoms with E-state index in [-0.39, 0.29) is 70.6 Å². The Kier molecular flexibility index (Phi) is 19.1. The number of hydrogen-bond acceptors (Lipinski definition) is 14. The van der Waals surface area contributed by atoms with Crippen molar-refractivity contribution in [2.24, 2.45) is 0 Å². The molecule has 2 atom stereocenters. The Morgan fingerprint density at radius 1 is 0.545 bits per heavy atom. The molecule has 2 amide bonds. The molecule has 4 aromatic carbocycles. The molecule has 0 radical (unpaired) electrons. The average Bonchev–Trinajstić information content (AvgIpc) is 4.03. The third-order valence-corrected chi connectivity index (χ3v) is 24.3. The van der Waals surface area contributed by atoms with Gasteiger partial charge in [-0.2, -0.15) is 0 Å². The highest BCUT2D eigenvalue weighted by Gasteiger charge is 2.42. The fourth-order valence-electron chi connectivity index (χ4n) is 8.43. The number of ether oxygens (including phenoxy) is 6. The second-order valence-electron chi connectivity index (χ2n) is 22.4. The van der Waals surface area contributed by atoms with E-state index in [0.29, 0.717) is 43.6 Å². The van der Waals surface area contributed by atoms with E-state index in [9.17, 15) is 29.8 Å². The molecule has 0 unspecified atom stereocenters. The molecule has 18 nitrogen and oxygen atoms in total. The molecule has 6 rings (SSSR count). The number of methoxy groups -OCH3 is 4. The predicted octanol–water partition coefficient (Wildman–Crippen LogP) is 12.7. The molecular formula is C57H76N4O14Si2. The van der Waals surface area contributed by atoms with Crippen LogP contribution in [0.4, 0.5) is 11.4 Å². The lowest BCUT2D eigenvalue weighted by Crippen LogP contribution is -2.45. The Labute approximate surface area is 454 Å². The van der Waals surface area contributed by atoms with Gasteiger partial charge in [0, 0.05) is 24.5 Å². The van der Waals surface area contributed by atoms with Crippen molar-refractivity contribution >= 4 is 51.0 Å². The monoisotopic (exact) mass is 1100 g/mol. The summed E-state index contributed by atoms with van der Waals surface area (Å²) in [4.78, 5) is 56.2. The van der Waals surface area contributed by atoms with Crippen LogP contribution < -0.4 is 28.4 Å². The van der Waals surface area contributed by atoms with Crippen LogP contribution in [0, 0.1) is 20.2 Å². The second-order valence-corrected chi connectivity index (χ2v) is 32.0. The summed E-state index contributed by atoms with van der Waals surface area (Å²) in [5.41, 5.74) is 2.35. The number of carbonyl (C=O) groups is 2. The first-order valence-electron chi connectivity index (χ1n) is 25.9. The van der Waals surface area contributed by atoms with Gasteiger partial charge in [-0.15, -0.1) is 0 Å². The molecule has 77 heavy (non-hydrogen) atoms. The lowest BCUT2D eigenvalue weighted by molar-refractivity contribution is -0.385. The molecule has 4 aromatic rings. The van der Waals surface area contributed by atoms with Gasteiger partial charge in [0.1, 0.15) is 22.6 Å². The van der Waals surface area contributed by atoms with E-state index in [0.717, 1.165) is 22.3 Å². The standard InChI is InChI=1S/C57H76N4O14Si2/c1-56(2,3)76(11,12)74-36-42-28-40(38-18-22-44(68-7)23-19-38)34-58(42)54(62)46-30-50(70-9)52(32-48(46)60(64)65)72-26-16-15-17-27-73-53-33-49(61(66)67)47(31-51(53)71-10)55(63)59-35-41(39-20-24-45(69-8)25-21-39)29-43(59)37-75-77(13,14)57(4,5)6/h18-25,30-35,42-43H,15-17,26-29,36-37H2,1-14H3/t42-,43-/m0/s1. The summed E-state index contributed by atoms with van der Waals surface area (Å²) in [5.74, 6) is 0.740. The van der Waals surface area contributed by atoms with Gasteiger partial charge in [-0.05, 0) is 115 Å². The number of amides is 2. The van der Waals surface area contributed by atoms with Gasteiger partial charge in [-0.3, -0.25) is 29.8 Å². The van der Waals surface area contributed by atoms with Crippen LogP contribution in [0.15, 0.2) is 85.2 Å². The van der Waals surface area contributed by atoms with E-state index in [1.165, 1.54) is 48.3 Å². The molecule has 416 valence electrons. The van der Waals surface area contributed by atoms with Crippen LogP contribution in [0.1, 0.15) is 105 Å². The number of nitro groups is 2. The quantitative estimate of drug-likeness (QED) is 0.0277. The molecule has 0 N–H and O–H groups in total. The van der Waals surface area contributed by atoms with Gasteiger partial charge in [0.15, 0.2) is 39.6 Å². The van der Waals surface area contributed by atoms with E-state index in [1.54, 1.807) is 26.6 Å². The van der Waals surface area contributed by atoms with Crippen LogP contribution in [-0.4, -0.2) is 115 Å². The zero-order valence-corrected chi connectivity index (χ0v) is 49.1. The van der Waals surface area contributed by atoms with Crippen molar-refractivity contribution in [2.45, 2.75) is 122 Å². The Morgan fingerprint density at radius 3 is 1.19 bits per heavy atom. The Morgan fingerprint density at radius 2 is 0.896 bits per heavy atom. The minimum absolute atomic E-state index is 0.0801. The maximum absolute atomic E-state index is 14.5. The zero-order chi connectivity index (χ0) is 56.6. The average molecular weight is 1100 g/mol. The van der Waals surface area contributed by atoms with Gasteiger partial charge < -0.3 is 47.1 Å². The van der Waals surface area contributed by atoms with Gasteiger partial charge in [-0.1, -0.05) is 65.8 Å². The summed E-state index contributed by atoms with van der Waals surface area (Å²) in [6, 6.07) is 19.3. The minimum Gasteiger partial charge on any atom is -0.497 e. The number of nitrogens with zero attached hydrogens (tertiary/aromatic N) is 4. The van der Waals surface area contributed by atoms with Crippen molar-refractivity contribution in [3.05, 3.63) is 128 Å². The van der Waals surface area contributed by atoms with E-state index in [1.807, 2.05) is 48.5 Å². The number of unbranched alkanes of at least 4 members (excludes halogenated alkanes) is 2. The van der Waals surface area contributed by atoms with E-state index in [2.05, 4.69) is 67.7 Å². The van der Waals surface area contributed by atoms with Gasteiger partial charge >= 0.3 is 0 Å². The molecule has 0 saturated heterocycles. The largest absolute Gasteiger partial charge is 0.497 e. The minimum atomic E-state index is -2.24. The Hall–Kier alpha value is -6.75. The van der Waals surface area contributed by atoms with E-state index in [4.69, 9.17) is 37.3 Å². The fraction of sp³-hybridized carbons (Fsp3) is 0.474. The molecule has 0 bridgehead atoms. The summed E-state index contributed by atoms with van der Waals surface area (Å²) in [5, 5.41) is 25.1. The Balaban J connectivity index is 1.12. The maximum Gasteiger partial charge on any atom is 0.286 e. The highest BCUT2D eigenvalue weighted by Crippen LogP contribution is 2.43. The summed E-state index contributed by atoms with van der Waals surface area (Å²) in [6.45, 7) is 22.2. The van der Waals surface area contributed by atoms with Gasteiger partial charge in [-0.25, -0.2) is 0 Å². The molecule has 0 saturated carbocycles. The van der Waals surface area contributed by atoms with Crippen LogP contribution in [0.5, 0.6) is 34.5 Å². The molecule has 2 aliphatic rings. The summed E-state index contributed by atoms with van der Waals surface area (Å²) in [6.07, 6.45) is 6.02. The second kappa shape index (κ2) is 24.7. The van der Waals surface area contributed by atoms with Crippen molar-refractivity contribution in [1.29, 1.82) is 0 Å². The van der Waals surface area contributed by atoms with Crippen molar-refractivity contribution in [3.63, 3.8) is 0 Å². The maximum atomic E-state index is 14.5. The number of nitro benzene ring substituents is 2. The van der Waals surface area contributed by atoms with Gasteiger partial charge in [0.25, 0.3) is 23.2 Å². The van der Waals surface area contributed by atoms with Crippen molar-refractivity contribution in [3.8, 4) is 34.5 Å². The zero-order valence-electron chi connectivity index (χ0n) is 47.1. The third kappa shape index (κ3) is 14.1. The number of rotatable bonds is 24. The van der Waals surface area contributed by atoms with Crippen LogP contribution in [0.2, 0.25) is 36.3 Å². The van der Waals surface area contributed by atoms with Gasteiger partial charge in [0.05, 0.1) is 88.9 Å². The highest BCUT2D eigenvalue weighted by atomic mass is 28.4. The van der Waals surface area contributed by atoms with Crippen LogP contribution in [0.25, 0.3) is 11.1 Å². The van der Waals surface area contributed by atoms with Crippen molar-refractivity contribution in [1.82, 2.24) is 9.80 Å². The van der Waals surface area contributed by atoms with E-state index < -0.39 is 61.8 Å². The molecule has 0 aromatic heterocycles. The first-order chi connectivity index (χ1) is 36.2. The molecule has 0 fully saturated rings. The fourth-order valence-corrected chi connectivity index (χ4v) is 10.5. The molecular weight excluding hydrogens is 1020 g/mol. The number of hydrogen-bond donors (Lipinski definition) is 0. The topological polar surface area (TPSA) is 201 Å². The molecule has 0 aliphatic carbocycles. The molecule has 20 heteroatoms. The Bertz CT molecular complexity index is 2650. The summed E-state index contributed by atoms with van der Waals surface area (Å²) >= 11 is 0. The number of carbonyl (C=O) groups excluding carboxylic acids is 2. The summed E-state index contributed by atoms with van der Waals surface area (Å²) in [7, 11) is 1.51. The van der Waals surface area contributed by atoms with Crippen LogP contribution >= 0.6 is 0 Å². The van der Waals surface area contributed by atoms with Crippen LogP contribution in [0.3, 0.4) is 0 Å². The predicted molar refractivity (Wildman–Crippen MR) is 302 cm³/mol. The summed E-state index contributed by atoms with van der Waals surface area (Å²) < 4.78 is 47.3. The molecule has 0 spiro atoms. The SMILES string of the molecule is COc1ccc(C2=CN(C(=O)c3cc(OC)c(OCCCCCOc4cc([N+](=O)[O-])c(C(=O)N5C=C(c6ccc(OC)cc6)C[C@H]5CO[Si](C)(C)C(C)(C)C)cc4OC)cc3[N+](=O)[O-])[C@H](CO[Si](C)(C)C(C)(C)C)C2)cc1. The van der Waals surface area contributed by atoms with E-state index >= 15 is 0 Å². The smallest absolute Gasteiger partial charge is 0.286 e. The normalized spacial score (nSPS) is 15.9. The lowest BCUT2D eigenvalue weighted by atomic mass is 10.0. The highest BCUT2D eigenvalue weighted by molar-refractivity contribution is 6.74. The van der Waals surface area contributed by atoms with Crippen molar-refractivity contribution < 1.29 is 56.7 Å². The van der Waals surface area contributed by atoms with Gasteiger partial charge in [0.2, 0.25) is 0 Å². The van der Waals surface area contributed by atoms with Crippen molar-refractivity contribution in [2.75, 3.05) is 54.9 Å².